The fourth-order valence-electron chi connectivity index (χ4n) is 4.49. The lowest BCUT2D eigenvalue weighted by atomic mass is 9.77. The summed E-state index contributed by atoms with van der Waals surface area (Å²) in [4.78, 5) is 7.13. The molecule has 0 aliphatic carbocycles. The number of ether oxygens (including phenoxy) is 1. The van der Waals surface area contributed by atoms with Gasteiger partial charge in [0.15, 0.2) is 6.20 Å². The maximum Gasteiger partial charge on any atom is 0.228 e. The van der Waals surface area contributed by atoms with Crippen molar-refractivity contribution in [3.63, 3.8) is 0 Å². The minimum atomic E-state index is -0.631. The molecule has 0 amide bonds. The summed E-state index contributed by atoms with van der Waals surface area (Å²) in [6, 6.07) is 16.8. The number of hydrogen-bond donors (Lipinski definition) is 0. The van der Waals surface area contributed by atoms with Crippen LogP contribution in [0.3, 0.4) is 0 Å². The molecule has 3 aromatic rings. The molecule has 1 spiro atoms. The lowest BCUT2D eigenvalue weighted by molar-refractivity contribution is -0.644. The van der Waals surface area contributed by atoms with Crippen LogP contribution in [-0.4, -0.2) is 19.0 Å². The van der Waals surface area contributed by atoms with Crippen molar-refractivity contribution in [2.75, 3.05) is 11.9 Å². The predicted octanol–water partition coefficient (Wildman–Crippen LogP) is 3.88. The molecule has 1 atom stereocenters. The molecular formula is C22H22N3O+. The number of fused-ring (bicyclic) bond motifs is 4. The van der Waals surface area contributed by atoms with Crippen LogP contribution in [0.4, 0.5) is 11.4 Å². The number of aromatic nitrogens is 1. The van der Waals surface area contributed by atoms with Crippen LogP contribution in [0.2, 0.25) is 0 Å². The van der Waals surface area contributed by atoms with Gasteiger partial charge in [0.1, 0.15) is 18.5 Å². The molecule has 0 N–H and O–H groups in total. The number of hydrogen-bond acceptors (Lipinski definition) is 3. The van der Waals surface area contributed by atoms with Crippen molar-refractivity contribution in [1.29, 1.82) is 0 Å². The van der Waals surface area contributed by atoms with Crippen LogP contribution in [0, 0.1) is 0 Å². The zero-order chi connectivity index (χ0) is 18.1. The fourth-order valence-corrected chi connectivity index (χ4v) is 4.49. The molecule has 3 heterocycles. The predicted molar refractivity (Wildman–Crippen MR) is 105 cm³/mol. The number of rotatable bonds is 0. The zero-order valence-corrected chi connectivity index (χ0v) is 15.5. The normalized spacial score (nSPS) is 22.4. The summed E-state index contributed by atoms with van der Waals surface area (Å²) >= 11 is 0. The van der Waals surface area contributed by atoms with E-state index in [1.165, 1.54) is 11.3 Å². The van der Waals surface area contributed by atoms with E-state index in [0.717, 1.165) is 22.3 Å². The van der Waals surface area contributed by atoms with Gasteiger partial charge in [-0.1, -0.05) is 18.2 Å². The molecule has 1 aromatic heterocycles. The first-order valence-electron chi connectivity index (χ1n) is 8.95. The first-order valence-corrected chi connectivity index (χ1v) is 8.95. The molecule has 4 nitrogen and oxygen atoms in total. The summed E-state index contributed by atoms with van der Waals surface area (Å²) in [6.45, 7) is 4.46. The van der Waals surface area contributed by atoms with Gasteiger partial charge in [-0.25, -0.2) is 4.57 Å². The van der Waals surface area contributed by atoms with E-state index in [-0.39, 0.29) is 5.41 Å². The van der Waals surface area contributed by atoms with Gasteiger partial charge in [0.05, 0.1) is 17.0 Å². The van der Waals surface area contributed by atoms with Gasteiger partial charge >= 0.3 is 0 Å². The second-order valence-corrected chi connectivity index (χ2v) is 7.72. The molecule has 26 heavy (non-hydrogen) atoms. The third-order valence-electron chi connectivity index (χ3n) is 6.08. The number of aliphatic imine (C=N–C) groups is 1. The average molecular weight is 344 g/mol. The van der Waals surface area contributed by atoms with Crippen LogP contribution in [0.15, 0.2) is 59.7 Å². The van der Waals surface area contributed by atoms with Crippen LogP contribution in [-0.2, 0) is 12.5 Å². The van der Waals surface area contributed by atoms with E-state index in [4.69, 9.17) is 9.73 Å². The van der Waals surface area contributed by atoms with Crippen LogP contribution in [0.5, 0.6) is 5.75 Å². The molecule has 2 aliphatic heterocycles. The Morgan fingerprint density at radius 1 is 1.04 bits per heavy atom. The van der Waals surface area contributed by atoms with Crippen molar-refractivity contribution in [1.82, 2.24) is 0 Å². The van der Waals surface area contributed by atoms with E-state index in [1.54, 1.807) is 0 Å². The van der Waals surface area contributed by atoms with Crippen LogP contribution >= 0.6 is 0 Å². The number of para-hydroxylation sites is 1. The number of nitrogens with zero attached hydrogens (tertiary/aromatic N) is 3. The molecule has 0 fully saturated rings. The first kappa shape index (κ1) is 15.4. The Morgan fingerprint density at radius 2 is 1.85 bits per heavy atom. The van der Waals surface area contributed by atoms with Crippen LogP contribution < -0.4 is 14.2 Å². The third-order valence-corrected chi connectivity index (χ3v) is 6.08. The SMILES string of the molecule is CN1c2ccccc2C(C)(C)[C@@]12C=Nc1c(ccc3c1ccc[n+]3C)O2. The molecule has 2 aromatic carbocycles. The Bertz CT molecular complexity index is 1090. The quantitative estimate of drug-likeness (QED) is 0.579. The third kappa shape index (κ3) is 1.69. The molecular weight excluding hydrogens is 322 g/mol. The Kier molecular flexibility index (Phi) is 2.87. The van der Waals surface area contributed by atoms with E-state index in [0.29, 0.717) is 0 Å². The Morgan fingerprint density at radius 3 is 2.65 bits per heavy atom. The fraction of sp³-hybridized carbons (Fsp3) is 0.273. The molecule has 0 saturated heterocycles. The second kappa shape index (κ2) is 4.85. The second-order valence-electron chi connectivity index (χ2n) is 7.72. The maximum atomic E-state index is 6.71. The van der Waals surface area contributed by atoms with E-state index < -0.39 is 5.72 Å². The maximum absolute atomic E-state index is 6.71. The minimum Gasteiger partial charge on any atom is -0.459 e. The largest absolute Gasteiger partial charge is 0.459 e. The summed E-state index contributed by atoms with van der Waals surface area (Å²) in [6.07, 6.45) is 4.04. The molecule has 5 rings (SSSR count). The van der Waals surface area contributed by atoms with E-state index >= 15 is 0 Å². The smallest absolute Gasteiger partial charge is 0.228 e. The lowest BCUT2D eigenvalue weighted by Crippen LogP contribution is -2.61. The summed E-state index contributed by atoms with van der Waals surface area (Å²) in [5, 5.41) is 1.11. The molecule has 0 saturated carbocycles. The number of pyridine rings is 1. The van der Waals surface area contributed by atoms with Gasteiger partial charge in [-0.3, -0.25) is 4.99 Å². The Labute approximate surface area is 153 Å². The number of anilines is 1. The Balaban J connectivity index is 1.72. The van der Waals surface area contributed by atoms with Gasteiger partial charge in [-0.05, 0) is 37.6 Å². The van der Waals surface area contributed by atoms with Gasteiger partial charge in [0.25, 0.3) is 0 Å². The summed E-state index contributed by atoms with van der Waals surface area (Å²) in [5.41, 5.74) is 3.67. The van der Waals surface area contributed by atoms with Crippen molar-refractivity contribution < 1.29 is 9.30 Å². The highest BCUT2D eigenvalue weighted by molar-refractivity contribution is 5.97. The van der Waals surface area contributed by atoms with E-state index in [2.05, 4.69) is 66.8 Å². The number of benzene rings is 2. The summed E-state index contributed by atoms with van der Waals surface area (Å²) in [5.74, 6) is 0.832. The molecule has 0 unspecified atom stereocenters. The topological polar surface area (TPSA) is 28.7 Å². The van der Waals surface area contributed by atoms with Gasteiger partial charge in [-0.2, -0.15) is 0 Å². The van der Waals surface area contributed by atoms with Gasteiger partial charge in [0, 0.05) is 24.9 Å². The monoisotopic (exact) mass is 344 g/mol. The van der Waals surface area contributed by atoms with Crippen molar-refractivity contribution in [3.8, 4) is 5.75 Å². The molecule has 2 aliphatic rings. The number of likely N-dealkylation sites (N-methyl/N-ethyl adjacent to an activating group) is 1. The van der Waals surface area contributed by atoms with Crippen molar-refractivity contribution >= 4 is 28.5 Å². The van der Waals surface area contributed by atoms with Crippen molar-refractivity contribution in [2.24, 2.45) is 12.0 Å². The molecule has 130 valence electrons. The highest BCUT2D eigenvalue weighted by Gasteiger charge is 2.58. The van der Waals surface area contributed by atoms with E-state index in [9.17, 15) is 0 Å². The standard InChI is InChI=1S/C22H22N3O/c1-21(2)16-9-5-6-10-18(16)25(4)22(21)14-23-20-15-8-7-13-24(3)17(15)11-12-19(20)26-22/h5-14H,1-4H3/q+1/t22-/m0/s1. The Hall–Kier alpha value is -2.88. The zero-order valence-electron chi connectivity index (χ0n) is 15.5. The molecule has 0 radical (unpaired) electrons. The average Bonchev–Trinajstić information content (AvgIpc) is 2.81. The first-order chi connectivity index (χ1) is 12.5. The highest BCUT2D eigenvalue weighted by Crippen LogP contribution is 2.53. The highest BCUT2D eigenvalue weighted by atomic mass is 16.5. The summed E-state index contributed by atoms with van der Waals surface area (Å²) in [7, 11) is 4.14. The molecule has 4 heteroatoms. The number of aryl methyl sites for hydroxylation is 1. The molecule has 0 bridgehead atoms. The van der Waals surface area contributed by atoms with Gasteiger partial charge < -0.3 is 9.64 Å². The van der Waals surface area contributed by atoms with Crippen LogP contribution in [0.25, 0.3) is 10.9 Å². The van der Waals surface area contributed by atoms with Gasteiger partial charge in [-0.15, -0.1) is 0 Å². The van der Waals surface area contributed by atoms with E-state index in [1.807, 2.05) is 31.6 Å². The lowest BCUT2D eigenvalue weighted by Gasteiger charge is -2.44. The summed E-state index contributed by atoms with van der Waals surface area (Å²) < 4.78 is 8.81. The minimum absolute atomic E-state index is 0.226. The van der Waals surface area contributed by atoms with Crippen LogP contribution in [0.1, 0.15) is 19.4 Å². The van der Waals surface area contributed by atoms with Crippen molar-refractivity contribution in [3.05, 3.63) is 60.3 Å². The van der Waals surface area contributed by atoms with Crippen molar-refractivity contribution in [2.45, 2.75) is 25.0 Å². The van der Waals surface area contributed by atoms with Gasteiger partial charge in [0.2, 0.25) is 11.2 Å².